The lowest BCUT2D eigenvalue weighted by Crippen LogP contribution is -2.16. The maximum Gasteiger partial charge on any atom is 0.412 e. The lowest BCUT2D eigenvalue weighted by molar-refractivity contribution is -0.155. The van der Waals surface area contributed by atoms with Gasteiger partial charge in [-0.25, -0.2) is 0 Å². The summed E-state index contributed by atoms with van der Waals surface area (Å²) < 4.78 is 48.9. The summed E-state index contributed by atoms with van der Waals surface area (Å²) in [6.45, 7) is -1.86. The SMILES string of the molecule is C#CCOP(OCC#C)OCC(F)(F)F. The Morgan fingerprint density at radius 3 is 1.80 bits per heavy atom. The van der Waals surface area contributed by atoms with E-state index in [1.165, 1.54) is 0 Å². The molecule has 0 amide bonds. The molecule has 0 aliphatic carbocycles. The molecule has 0 heterocycles. The molecule has 0 aromatic carbocycles. The summed E-state index contributed by atoms with van der Waals surface area (Å²) >= 11 is 0. The zero-order chi connectivity index (χ0) is 11.7. The van der Waals surface area contributed by atoms with Gasteiger partial charge in [-0.05, 0) is 0 Å². The fourth-order valence-corrected chi connectivity index (χ4v) is 1.25. The lowest BCUT2D eigenvalue weighted by atomic mass is 10.7. The molecule has 0 saturated heterocycles. The fraction of sp³-hybridized carbons (Fsp3) is 0.500. The van der Waals surface area contributed by atoms with Crippen LogP contribution in [0.5, 0.6) is 0 Å². The van der Waals surface area contributed by atoms with E-state index in [0.29, 0.717) is 0 Å². The molecule has 0 unspecified atom stereocenters. The molecule has 0 aliphatic rings. The Kier molecular flexibility index (Phi) is 7.11. The van der Waals surface area contributed by atoms with Crippen LogP contribution in [0.15, 0.2) is 0 Å². The van der Waals surface area contributed by atoms with E-state index in [1.807, 2.05) is 0 Å². The maximum absolute atomic E-state index is 11.8. The highest BCUT2D eigenvalue weighted by molar-refractivity contribution is 7.41. The van der Waals surface area contributed by atoms with Gasteiger partial charge in [0.25, 0.3) is 0 Å². The zero-order valence-corrected chi connectivity index (χ0v) is 8.48. The molecule has 0 aromatic heterocycles. The van der Waals surface area contributed by atoms with Gasteiger partial charge in [0.1, 0.15) is 13.2 Å². The first-order chi connectivity index (χ1) is 6.99. The molecule has 0 N–H and O–H groups in total. The lowest BCUT2D eigenvalue weighted by Gasteiger charge is -2.15. The smallest absolute Gasteiger partial charge is 0.303 e. The number of hydrogen-bond donors (Lipinski definition) is 0. The van der Waals surface area contributed by atoms with Crippen molar-refractivity contribution in [1.82, 2.24) is 0 Å². The second-order valence-corrected chi connectivity index (χ2v) is 3.29. The van der Waals surface area contributed by atoms with Crippen LogP contribution in [0.4, 0.5) is 13.2 Å². The molecule has 3 nitrogen and oxygen atoms in total. The number of halogens is 3. The van der Waals surface area contributed by atoms with Crippen molar-refractivity contribution in [2.75, 3.05) is 19.8 Å². The third kappa shape index (κ3) is 9.52. The Balaban J connectivity index is 3.91. The summed E-state index contributed by atoms with van der Waals surface area (Å²) in [7, 11) is -2.14. The van der Waals surface area contributed by atoms with Gasteiger partial charge in [-0.1, -0.05) is 11.8 Å². The van der Waals surface area contributed by atoms with E-state index in [1.54, 1.807) is 0 Å². The molecule has 0 radical (unpaired) electrons. The van der Waals surface area contributed by atoms with E-state index >= 15 is 0 Å². The van der Waals surface area contributed by atoms with Crippen LogP contribution in [0.25, 0.3) is 0 Å². The van der Waals surface area contributed by atoms with Gasteiger partial charge < -0.3 is 4.52 Å². The predicted octanol–water partition coefficient (Wildman–Crippen LogP) is 2.09. The predicted molar refractivity (Wildman–Crippen MR) is 48.5 cm³/mol. The second kappa shape index (κ2) is 7.50. The molecule has 0 rings (SSSR count). The van der Waals surface area contributed by atoms with Gasteiger partial charge >= 0.3 is 14.8 Å². The summed E-state index contributed by atoms with van der Waals surface area (Å²) in [5, 5.41) is 0. The topological polar surface area (TPSA) is 27.7 Å². The quantitative estimate of drug-likeness (QED) is 0.525. The third-order valence-electron chi connectivity index (χ3n) is 0.840. The standard InChI is InChI=1S/C8H8F3O3P/c1-3-5-12-15(13-6-4-2)14-7-8(9,10)11/h1-2H,5-7H2. The minimum atomic E-state index is -4.44. The van der Waals surface area contributed by atoms with E-state index in [4.69, 9.17) is 12.8 Å². The minimum absolute atomic E-state index is 0.200. The summed E-state index contributed by atoms with van der Waals surface area (Å²) in [4.78, 5) is 0. The largest absolute Gasteiger partial charge is 0.412 e. The third-order valence-corrected chi connectivity index (χ3v) is 1.86. The maximum atomic E-state index is 11.8. The van der Waals surface area contributed by atoms with Crippen molar-refractivity contribution >= 4 is 8.60 Å². The van der Waals surface area contributed by atoms with Crippen LogP contribution in [0, 0.1) is 24.7 Å². The normalized spacial score (nSPS) is 11.1. The van der Waals surface area contributed by atoms with Crippen LogP contribution in [-0.4, -0.2) is 26.0 Å². The van der Waals surface area contributed by atoms with Crippen LogP contribution in [0.3, 0.4) is 0 Å². The summed E-state index contributed by atoms with van der Waals surface area (Å²) in [5.41, 5.74) is 0. The summed E-state index contributed by atoms with van der Waals surface area (Å²) in [6, 6.07) is 0. The van der Waals surface area contributed by atoms with Gasteiger partial charge in [-0.15, -0.1) is 12.8 Å². The van der Waals surface area contributed by atoms with Crippen LogP contribution < -0.4 is 0 Å². The molecule has 0 aromatic rings. The van der Waals surface area contributed by atoms with Crippen molar-refractivity contribution in [2.45, 2.75) is 6.18 Å². The summed E-state index contributed by atoms with van der Waals surface area (Å²) in [5.74, 6) is 4.15. The minimum Gasteiger partial charge on any atom is -0.303 e. The van der Waals surface area contributed by atoms with Gasteiger partial charge in [-0.3, -0.25) is 9.05 Å². The van der Waals surface area contributed by atoms with Gasteiger partial charge in [0.15, 0.2) is 6.61 Å². The van der Waals surface area contributed by atoms with Crippen LogP contribution in [-0.2, 0) is 13.6 Å². The molecule has 0 fully saturated rings. The molecule has 0 saturated carbocycles. The van der Waals surface area contributed by atoms with Gasteiger partial charge in [0.05, 0.1) is 0 Å². The molecule has 0 atom stereocenters. The number of alkyl halides is 3. The molecule has 7 heteroatoms. The van der Waals surface area contributed by atoms with Crippen molar-refractivity contribution in [1.29, 1.82) is 0 Å². The Bertz CT molecular complexity index is 235. The van der Waals surface area contributed by atoms with Gasteiger partial charge in [0, 0.05) is 0 Å². The first-order valence-electron chi connectivity index (χ1n) is 3.62. The molecule has 15 heavy (non-hydrogen) atoms. The number of hydrogen-bond acceptors (Lipinski definition) is 3. The molecule has 0 aliphatic heterocycles. The van der Waals surface area contributed by atoms with Gasteiger partial charge in [-0.2, -0.15) is 13.2 Å². The van der Waals surface area contributed by atoms with E-state index in [-0.39, 0.29) is 13.2 Å². The van der Waals surface area contributed by atoms with Crippen LogP contribution >= 0.6 is 8.60 Å². The Hall–Kier alpha value is -0.780. The summed E-state index contributed by atoms with van der Waals surface area (Å²) in [6.07, 6.45) is 5.25. The zero-order valence-electron chi connectivity index (χ0n) is 7.58. The highest BCUT2D eigenvalue weighted by Crippen LogP contribution is 2.40. The van der Waals surface area contributed by atoms with Crippen molar-refractivity contribution in [3.63, 3.8) is 0 Å². The molecular weight excluding hydrogens is 232 g/mol. The van der Waals surface area contributed by atoms with Crippen molar-refractivity contribution in [2.24, 2.45) is 0 Å². The number of terminal acetylenes is 2. The molecule has 0 spiro atoms. The first kappa shape index (κ1) is 14.2. The average molecular weight is 240 g/mol. The second-order valence-electron chi connectivity index (χ2n) is 2.07. The highest BCUT2D eigenvalue weighted by Gasteiger charge is 2.30. The van der Waals surface area contributed by atoms with E-state index < -0.39 is 21.4 Å². The fourth-order valence-electron chi connectivity index (χ4n) is 0.418. The first-order valence-corrected chi connectivity index (χ1v) is 4.71. The molecule has 0 bridgehead atoms. The number of rotatable bonds is 6. The highest BCUT2D eigenvalue weighted by atomic mass is 31.2. The Labute approximate surface area is 86.9 Å². The Morgan fingerprint density at radius 2 is 1.47 bits per heavy atom. The van der Waals surface area contributed by atoms with E-state index in [0.717, 1.165) is 0 Å². The Morgan fingerprint density at radius 1 is 1.00 bits per heavy atom. The van der Waals surface area contributed by atoms with Crippen molar-refractivity contribution in [3.8, 4) is 24.7 Å². The van der Waals surface area contributed by atoms with Crippen LogP contribution in [0.1, 0.15) is 0 Å². The van der Waals surface area contributed by atoms with Crippen LogP contribution in [0.2, 0.25) is 0 Å². The van der Waals surface area contributed by atoms with Gasteiger partial charge in [0.2, 0.25) is 0 Å². The monoisotopic (exact) mass is 240 g/mol. The van der Waals surface area contributed by atoms with E-state index in [2.05, 4.69) is 25.4 Å². The molecular formula is C8H8F3O3P. The molecule has 84 valence electrons. The van der Waals surface area contributed by atoms with Crippen molar-refractivity contribution < 1.29 is 26.7 Å². The van der Waals surface area contributed by atoms with E-state index in [9.17, 15) is 13.2 Å². The average Bonchev–Trinajstić information content (AvgIpc) is 2.15. The van der Waals surface area contributed by atoms with Crippen molar-refractivity contribution in [3.05, 3.63) is 0 Å².